The van der Waals surface area contributed by atoms with Crippen molar-refractivity contribution < 1.29 is 4.74 Å². The topological polar surface area (TPSA) is 21.3 Å². The van der Waals surface area contributed by atoms with E-state index in [1.54, 1.807) is 0 Å². The summed E-state index contributed by atoms with van der Waals surface area (Å²) >= 11 is 0. The van der Waals surface area contributed by atoms with E-state index in [1.807, 2.05) is 0 Å². The van der Waals surface area contributed by atoms with Crippen LogP contribution in [0.5, 0.6) is 0 Å². The third-order valence-corrected chi connectivity index (χ3v) is 3.63. The van der Waals surface area contributed by atoms with Crippen LogP contribution in [0, 0.1) is 0 Å². The second-order valence-electron chi connectivity index (χ2n) is 5.01. The van der Waals surface area contributed by atoms with Crippen LogP contribution in [-0.4, -0.2) is 13.2 Å². The predicted molar refractivity (Wildman–Crippen MR) is 67.2 cm³/mol. The zero-order chi connectivity index (χ0) is 11.1. The molecule has 0 saturated heterocycles. The van der Waals surface area contributed by atoms with Crippen LogP contribution in [0.4, 0.5) is 0 Å². The molecule has 2 aliphatic rings. The minimum absolute atomic E-state index is 0.860. The molecule has 0 aromatic carbocycles. The molecule has 0 bridgehead atoms. The largest absolute Gasteiger partial charge is 0.494 e. The molecule has 1 aliphatic heterocycles. The van der Waals surface area contributed by atoms with Gasteiger partial charge in [-0.3, -0.25) is 0 Å². The first kappa shape index (κ1) is 11.8. The maximum Gasteiger partial charge on any atom is 0.115 e. The van der Waals surface area contributed by atoms with Gasteiger partial charge in [-0.1, -0.05) is 38.5 Å². The molecule has 2 heteroatoms. The van der Waals surface area contributed by atoms with Crippen molar-refractivity contribution in [3.8, 4) is 0 Å². The fourth-order valence-corrected chi connectivity index (χ4v) is 2.66. The minimum atomic E-state index is 0.860. The van der Waals surface area contributed by atoms with Gasteiger partial charge in [-0.25, -0.2) is 0 Å². The molecule has 2 rings (SSSR count). The van der Waals surface area contributed by atoms with E-state index in [2.05, 4.69) is 5.32 Å². The van der Waals surface area contributed by atoms with E-state index in [1.165, 1.54) is 69.2 Å². The van der Waals surface area contributed by atoms with Gasteiger partial charge in [0, 0.05) is 18.7 Å². The van der Waals surface area contributed by atoms with E-state index in [-0.39, 0.29) is 0 Å². The summed E-state index contributed by atoms with van der Waals surface area (Å²) in [7, 11) is 0. The summed E-state index contributed by atoms with van der Waals surface area (Å²) in [5, 5.41) is 3.53. The number of hydrogen-bond donors (Lipinski definition) is 1. The van der Waals surface area contributed by atoms with Gasteiger partial charge in [-0.05, 0) is 19.3 Å². The van der Waals surface area contributed by atoms with Crippen LogP contribution in [0.1, 0.15) is 64.2 Å². The molecular formula is C14H25NO. The Morgan fingerprint density at radius 3 is 2.12 bits per heavy atom. The van der Waals surface area contributed by atoms with Gasteiger partial charge in [0.2, 0.25) is 0 Å². The molecule has 0 radical (unpaired) electrons. The highest BCUT2D eigenvalue weighted by atomic mass is 16.5. The lowest BCUT2D eigenvalue weighted by Crippen LogP contribution is -2.26. The van der Waals surface area contributed by atoms with Gasteiger partial charge >= 0.3 is 0 Å². The fraction of sp³-hybridized carbons (Fsp3) is 0.857. The highest BCUT2D eigenvalue weighted by molar-refractivity contribution is 5.09. The summed E-state index contributed by atoms with van der Waals surface area (Å²) in [6.45, 7) is 1.86. The first-order chi connectivity index (χ1) is 7.97. The number of hydrogen-bond acceptors (Lipinski definition) is 2. The monoisotopic (exact) mass is 223 g/mol. The van der Waals surface area contributed by atoms with Gasteiger partial charge in [-0.2, -0.15) is 0 Å². The number of nitrogens with one attached hydrogen (secondary N) is 1. The summed E-state index contributed by atoms with van der Waals surface area (Å²) < 4.78 is 5.80. The highest BCUT2D eigenvalue weighted by Gasteiger charge is 2.13. The second-order valence-corrected chi connectivity index (χ2v) is 5.01. The summed E-state index contributed by atoms with van der Waals surface area (Å²) in [4.78, 5) is 0. The Labute approximate surface area is 99.4 Å². The Kier molecular flexibility index (Phi) is 5.04. The molecule has 1 heterocycles. The second kappa shape index (κ2) is 6.82. The molecule has 0 spiro atoms. The van der Waals surface area contributed by atoms with E-state index in [0.717, 1.165) is 19.6 Å². The van der Waals surface area contributed by atoms with Crippen LogP contribution < -0.4 is 5.32 Å². The molecule has 1 N–H and O–H groups in total. The van der Waals surface area contributed by atoms with Crippen molar-refractivity contribution in [1.82, 2.24) is 5.32 Å². The molecule has 0 aromatic heterocycles. The Hall–Kier alpha value is -0.660. The molecular weight excluding hydrogens is 198 g/mol. The SMILES string of the molecule is C1CCCCCC2=C(CCCC1)NCCO2. The summed E-state index contributed by atoms with van der Waals surface area (Å²) in [5.41, 5.74) is 1.41. The van der Waals surface area contributed by atoms with Crippen LogP contribution >= 0.6 is 0 Å². The Morgan fingerprint density at radius 1 is 0.750 bits per heavy atom. The first-order valence-electron chi connectivity index (χ1n) is 7.05. The lowest BCUT2D eigenvalue weighted by Gasteiger charge is -2.23. The zero-order valence-corrected chi connectivity index (χ0v) is 10.4. The maximum atomic E-state index is 5.80. The predicted octanol–water partition coefficient (Wildman–Crippen LogP) is 3.73. The molecule has 16 heavy (non-hydrogen) atoms. The normalized spacial score (nSPS) is 24.5. The molecule has 0 unspecified atom stereocenters. The molecule has 0 saturated carbocycles. The number of rotatable bonds is 0. The zero-order valence-electron chi connectivity index (χ0n) is 10.4. The maximum absolute atomic E-state index is 5.80. The molecule has 1 aliphatic carbocycles. The molecule has 2 nitrogen and oxygen atoms in total. The van der Waals surface area contributed by atoms with Crippen molar-refractivity contribution in [2.24, 2.45) is 0 Å². The van der Waals surface area contributed by atoms with Crippen LogP contribution in [-0.2, 0) is 4.74 Å². The van der Waals surface area contributed by atoms with E-state index >= 15 is 0 Å². The van der Waals surface area contributed by atoms with Gasteiger partial charge in [0.1, 0.15) is 12.4 Å². The van der Waals surface area contributed by atoms with Gasteiger partial charge in [0.25, 0.3) is 0 Å². The Bertz CT molecular complexity index is 211. The molecule has 92 valence electrons. The molecule has 0 aromatic rings. The first-order valence-corrected chi connectivity index (χ1v) is 7.05. The fourth-order valence-electron chi connectivity index (χ4n) is 2.66. The van der Waals surface area contributed by atoms with Crippen LogP contribution in [0.25, 0.3) is 0 Å². The van der Waals surface area contributed by atoms with Gasteiger partial charge in [0.15, 0.2) is 0 Å². The van der Waals surface area contributed by atoms with Crippen molar-refractivity contribution in [3.05, 3.63) is 11.5 Å². The van der Waals surface area contributed by atoms with Gasteiger partial charge in [0.05, 0.1) is 0 Å². The molecule has 0 fully saturated rings. The van der Waals surface area contributed by atoms with Crippen LogP contribution in [0.2, 0.25) is 0 Å². The smallest absolute Gasteiger partial charge is 0.115 e. The van der Waals surface area contributed by atoms with E-state index in [4.69, 9.17) is 4.74 Å². The standard InChI is InChI=1S/C14H25NO/c1-2-4-6-8-10-14-13(9-7-5-3-1)15-11-12-16-14/h15H,1-12H2. The average Bonchev–Trinajstić information content (AvgIpc) is 2.30. The quantitative estimate of drug-likeness (QED) is 0.675. The molecule has 0 atom stereocenters. The summed E-state index contributed by atoms with van der Waals surface area (Å²) in [6.07, 6.45) is 13.5. The lowest BCUT2D eigenvalue weighted by atomic mass is 10.0. The third-order valence-electron chi connectivity index (χ3n) is 3.63. The van der Waals surface area contributed by atoms with E-state index < -0.39 is 0 Å². The van der Waals surface area contributed by atoms with Crippen molar-refractivity contribution in [2.75, 3.05) is 13.2 Å². The van der Waals surface area contributed by atoms with E-state index in [9.17, 15) is 0 Å². The number of ether oxygens (including phenoxy) is 1. The van der Waals surface area contributed by atoms with Gasteiger partial charge < -0.3 is 10.1 Å². The average molecular weight is 223 g/mol. The lowest BCUT2D eigenvalue weighted by molar-refractivity contribution is 0.176. The Morgan fingerprint density at radius 2 is 1.38 bits per heavy atom. The number of allylic oxidation sites excluding steroid dienone is 2. The van der Waals surface area contributed by atoms with Crippen molar-refractivity contribution >= 4 is 0 Å². The summed E-state index contributed by atoms with van der Waals surface area (Å²) in [6, 6.07) is 0. The van der Waals surface area contributed by atoms with Crippen molar-refractivity contribution in [1.29, 1.82) is 0 Å². The third kappa shape index (κ3) is 3.73. The van der Waals surface area contributed by atoms with Crippen LogP contribution in [0.3, 0.4) is 0 Å². The van der Waals surface area contributed by atoms with Crippen molar-refractivity contribution in [2.45, 2.75) is 64.2 Å². The van der Waals surface area contributed by atoms with Crippen LogP contribution in [0.15, 0.2) is 11.5 Å². The summed E-state index contributed by atoms with van der Waals surface area (Å²) in [5.74, 6) is 1.27. The van der Waals surface area contributed by atoms with Gasteiger partial charge in [-0.15, -0.1) is 0 Å². The Balaban J connectivity index is 1.91. The van der Waals surface area contributed by atoms with E-state index in [0.29, 0.717) is 0 Å². The molecule has 0 amide bonds. The highest BCUT2D eigenvalue weighted by Crippen LogP contribution is 2.22. The van der Waals surface area contributed by atoms with Crippen molar-refractivity contribution in [3.63, 3.8) is 0 Å². The minimum Gasteiger partial charge on any atom is -0.494 e.